The number of halogens is 1. The van der Waals surface area contributed by atoms with Crippen LogP contribution in [0.1, 0.15) is 36.0 Å². The summed E-state index contributed by atoms with van der Waals surface area (Å²) in [4.78, 5) is 13.6. The SMILES string of the molecule is COC(=O)c1cc(N2CCCCC2CCO)c(F)cc1N. The molecule has 1 atom stereocenters. The molecule has 1 fully saturated rings. The molecule has 21 heavy (non-hydrogen) atoms. The molecule has 0 aliphatic carbocycles. The molecule has 1 unspecified atom stereocenters. The highest BCUT2D eigenvalue weighted by atomic mass is 19.1. The number of anilines is 2. The van der Waals surface area contributed by atoms with Crippen molar-refractivity contribution in [2.75, 3.05) is 30.9 Å². The van der Waals surface area contributed by atoms with E-state index in [0.29, 0.717) is 18.7 Å². The van der Waals surface area contributed by atoms with Crippen molar-refractivity contribution in [3.8, 4) is 0 Å². The Balaban J connectivity index is 2.39. The number of hydrogen-bond acceptors (Lipinski definition) is 5. The molecule has 1 aliphatic heterocycles. The lowest BCUT2D eigenvalue weighted by atomic mass is 9.98. The van der Waals surface area contributed by atoms with Crippen molar-refractivity contribution in [2.24, 2.45) is 0 Å². The van der Waals surface area contributed by atoms with Gasteiger partial charge in [0.15, 0.2) is 0 Å². The van der Waals surface area contributed by atoms with E-state index in [1.54, 1.807) is 0 Å². The average Bonchev–Trinajstić information content (AvgIpc) is 2.48. The number of nitrogens with two attached hydrogens (primary N) is 1. The average molecular weight is 296 g/mol. The van der Waals surface area contributed by atoms with Crippen LogP contribution in [-0.2, 0) is 4.74 Å². The fourth-order valence-corrected chi connectivity index (χ4v) is 2.85. The summed E-state index contributed by atoms with van der Waals surface area (Å²) in [5.41, 5.74) is 6.28. The van der Waals surface area contributed by atoms with E-state index in [-0.39, 0.29) is 23.9 Å². The molecule has 1 saturated heterocycles. The van der Waals surface area contributed by atoms with Gasteiger partial charge in [0.2, 0.25) is 0 Å². The zero-order chi connectivity index (χ0) is 15.4. The second-order valence-corrected chi connectivity index (χ2v) is 5.24. The fraction of sp³-hybridized carbons (Fsp3) is 0.533. The number of carbonyl (C=O) groups is 1. The Morgan fingerprint density at radius 2 is 2.29 bits per heavy atom. The fourth-order valence-electron chi connectivity index (χ4n) is 2.85. The lowest BCUT2D eigenvalue weighted by Gasteiger charge is -2.37. The Morgan fingerprint density at radius 3 is 2.95 bits per heavy atom. The number of nitrogen functional groups attached to an aromatic ring is 1. The Kier molecular flexibility index (Phi) is 5.01. The van der Waals surface area contributed by atoms with Gasteiger partial charge in [-0.3, -0.25) is 0 Å². The van der Waals surface area contributed by atoms with Crippen LogP contribution in [0, 0.1) is 5.82 Å². The molecule has 3 N–H and O–H groups in total. The molecule has 116 valence electrons. The number of carbonyl (C=O) groups excluding carboxylic acids is 1. The first-order chi connectivity index (χ1) is 10.1. The van der Waals surface area contributed by atoms with Crippen molar-refractivity contribution in [2.45, 2.75) is 31.7 Å². The number of benzene rings is 1. The maximum absolute atomic E-state index is 14.3. The smallest absolute Gasteiger partial charge is 0.340 e. The number of methoxy groups -OCH3 is 1. The summed E-state index contributed by atoms with van der Waals surface area (Å²) in [6.45, 7) is 0.758. The molecular formula is C15H21FN2O3. The van der Waals surface area contributed by atoms with Gasteiger partial charge in [-0.15, -0.1) is 0 Å². The first-order valence-electron chi connectivity index (χ1n) is 7.13. The number of ether oxygens (including phenoxy) is 1. The molecule has 0 bridgehead atoms. The van der Waals surface area contributed by atoms with Gasteiger partial charge in [-0.05, 0) is 37.8 Å². The number of nitrogens with zero attached hydrogens (tertiary/aromatic N) is 1. The summed E-state index contributed by atoms with van der Waals surface area (Å²) >= 11 is 0. The Hall–Kier alpha value is -1.82. The minimum Gasteiger partial charge on any atom is -0.465 e. The predicted molar refractivity (Wildman–Crippen MR) is 78.8 cm³/mol. The van der Waals surface area contributed by atoms with Gasteiger partial charge in [0.05, 0.1) is 18.4 Å². The Labute approximate surface area is 123 Å². The van der Waals surface area contributed by atoms with E-state index < -0.39 is 11.8 Å². The van der Waals surface area contributed by atoms with Crippen molar-refractivity contribution in [3.05, 3.63) is 23.5 Å². The van der Waals surface area contributed by atoms with E-state index in [4.69, 9.17) is 10.8 Å². The summed E-state index contributed by atoms with van der Waals surface area (Å²) in [5, 5.41) is 9.16. The van der Waals surface area contributed by atoms with Crippen molar-refractivity contribution >= 4 is 17.3 Å². The van der Waals surface area contributed by atoms with Crippen molar-refractivity contribution in [1.82, 2.24) is 0 Å². The zero-order valence-corrected chi connectivity index (χ0v) is 12.1. The van der Waals surface area contributed by atoms with E-state index in [0.717, 1.165) is 25.3 Å². The van der Waals surface area contributed by atoms with Crippen LogP contribution in [-0.4, -0.2) is 37.4 Å². The number of aliphatic hydroxyl groups is 1. The van der Waals surface area contributed by atoms with E-state index in [1.165, 1.54) is 13.2 Å². The second-order valence-electron chi connectivity index (χ2n) is 5.24. The highest BCUT2D eigenvalue weighted by Gasteiger charge is 2.26. The highest BCUT2D eigenvalue weighted by molar-refractivity contribution is 5.96. The van der Waals surface area contributed by atoms with Gasteiger partial charge in [0, 0.05) is 24.9 Å². The van der Waals surface area contributed by atoms with Crippen LogP contribution in [0.15, 0.2) is 12.1 Å². The zero-order valence-electron chi connectivity index (χ0n) is 12.1. The molecule has 0 saturated carbocycles. The molecule has 2 rings (SSSR count). The van der Waals surface area contributed by atoms with Gasteiger partial charge in [-0.2, -0.15) is 0 Å². The lowest BCUT2D eigenvalue weighted by molar-refractivity contribution is 0.0602. The van der Waals surface area contributed by atoms with Crippen molar-refractivity contribution in [3.63, 3.8) is 0 Å². The third-order valence-electron chi connectivity index (χ3n) is 3.92. The summed E-state index contributed by atoms with van der Waals surface area (Å²) in [6.07, 6.45) is 3.50. The Bertz CT molecular complexity index is 520. The van der Waals surface area contributed by atoms with Crippen LogP contribution in [0.4, 0.5) is 15.8 Å². The Morgan fingerprint density at radius 1 is 1.52 bits per heavy atom. The molecule has 0 radical (unpaired) electrons. The van der Waals surface area contributed by atoms with Gasteiger partial charge >= 0.3 is 5.97 Å². The summed E-state index contributed by atoms with van der Waals surface area (Å²) < 4.78 is 18.9. The van der Waals surface area contributed by atoms with E-state index in [1.807, 2.05) is 4.90 Å². The largest absolute Gasteiger partial charge is 0.465 e. The topological polar surface area (TPSA) is 75.8 Å². The maximum Gasteiger partial charge on any atom is 0.340 e. The first kappa shape index (κ1) is 15.6. The van der Waals surface area contributed by atoms with Gasteiger partial charge in [-0.25, -0.2) is 9.18 Å². The minimum absolute atomic E-state index is 0.0572. The number of aliphatic hydroxyl groups excluding tert-OH is 1. The third kappa shape index (κ3) is 3.26. The number of piperidine rings is 1. The van der Waals surface area contributed by atoms with Crippen LogP contribution < -0.4 is 10.6 Å². The molecule has 6 heteroatoms. The standard InChI is InChI=1S/C15H21FN2O3/c1-21-15(20)11-8-14(12(16)9-13(11)17)18-6-3-2-4-10(18)5-7-19/h8-10,19H,2-7,17H2,1H3. The number of esters is 1. The molecule has 0 aromatic heterocycles. The molecule has 1 aliphatic rings. The first-order valence-corrected chi connectivity index (χ1v) is 7.13. The molecule has 0 spiro atoms. The van der Waals surface area contributed by atoms with Crippen LogP contribution in [0.5, 0.6) is 0 Å². The van der Waals surface area contributed by atoms with Gasteiger partial charge in [-0.1, -0.05) is 0 Å². The van der Waals surface area contributed by atoms with Gasteiger partial charge < -0.3 is 20.5 Å². The summed E-state index contributed by atoms with van der Waals surface area (Å²) in [6, 6.07) is 2.69. The molecule has 0 amide bonds. The predicted octanol–water partition coefficient (Wildman–Crippen LogP) is 1.94. The molecule has 1 heterocycles. The summed E-state index contributed by atoms with van der Waals surface area (Å²) in [7, 11) is 1.26. The van der Waals surface area contributed by atoms with Gasteiger partial charge in [0.1, 0.15) is 5.82 Å². The van der Waals surface area contributed by atoms with Crippen LogP contribution in [0.2, 0.25) is 0 Å². The number of rotatable bonds is 4. The van der Waals surface area contributed by atoms with Crippen molar-refractivity contribution < 1.29 is 19.0 Å². The molecule has 5 nitrogen and oxygen atoms in total. The summed E-state index contributed by atoms with van der Waals surface area (Å²) in [5.74, 6) is -1.03. The van der Waals surface area contributed by atoms with Gasteiger partial charge in [0.25, 0.3) is 0 Å². The normalized spacial score (nSPS) is 18.6. The maximum atomic E-state index is 14.3. The third-order valence-corrected chi connectivity index (χ3v) is 3.92. The molecule has 1 aromatic rings. The minimum atomic E-state index is -0.579. The molecular weight excluding hydrogens is 275 g/mol. The van der Waals surface area contributed by atoms with E-state index >= 15 is 0 Å². The quantitative estimate of drug-likeness (QED) is 0.656. The van der Waals surface area contributed by atoms with Crippen LogP contribution in [0.3, 0.4) is 0 Å². The van der Waals surface area contributed by atoms with Crippen LogP contribution >= 0.6 is 0 Å². The highest BCUT2D eigenvalue weighted by Crippen LogP contribution is 2.31. The number of hydrogen-bond donors (Lipinski definition) is 2. The van der Waals surface area contributed by atoms with E-state index in [9.17, 15) is 9.18 Å². The molecule has 1 aromatic carbocycles. The second kappa shape index (κ2) is 6.76. The van der Waals surface area contributed by atoms with Crippen LogP contribution in [0.25, 0.3) is 0 Å². The van der Waals surface area contributed by atoms with Crippen molar-refractivity contribution in [1.29, 1.82) is 0 Å². The monoisotopic (exact) mass is 296 g/mol. The lowest BCUT2D eigenvalue weighted by Crippen LogP contribution is -2.40. The van der Waals surface area contributed by atoms with E-state index in [2.05, 4.69) is 4.74 Å².